The third kappa shape index (κ3) is 4.12. The Morgan fingerprint density at radius 1 is 1.35 bits per heavy atom. The summed E-state index contributed by atoms with van der Waals surface area (Å²) in [6.07, 6.45) is 3.99. The summed E-state index contributed by atoms with van der Waals surface area (Å²) in [6.45, 7) is 3.65. The van der Waals surface area contributed by atoms with Gasteiger partial charge in [-0.05, 0) is 38.3 Å². The molecule has 1 amide bonds. The predicted molar refractivity (Wildman–Crippen MR) is 69.5 cm³/mol. The number of carbonyl (C=O) groups is 1. The monoisotopic (exact) mass is 262 g/mol. The van der Waals surface area contributed by atoms with Crippen molar-refractivity contribution in [3.8, 4) is 0 Å². The molecule has 2 fully saturated rings. The molecule has 2 rings (SSSR count). The van der Waals surface area contributed by atoms with E-state index in [4.69, 9.17) is 4.74 Å². The molecule has 0 aromatic rings. The van der Waals surface area contributed by atoms with Gasteiger partial charge in [0.15, 0.2) is 0 Å². The maximum absolute atomic E-state index is 12.0. The number of carbonyl (C=O) groups excluding carboxylic acids is 1. The number of rotatable bonds is 3. The van der Waals surface area contributed by atoms with Crippen LogP contribution in [-0.2, 0) is 9.53 Å². The van der Waals surface area contributed by atoms with Gasteiger partial charge in [0.2, 0.25) is 5.91 Å². The van der Waals surface area contributed by atoms with Gasteiger partial charge in [-0.25, -0.2) is 0 Å². The van der Waals surface area contributed by atoms with Crippen LogP contribution in [0.1, 0.15) is 25.7 Å². The molecule has 1 unspecified atom stereocenters. The number of hydrogen-bond acceptors (Lipinski definition) is 3. The number of piperidine rings is 1. The fraction of sp³-hybridized carbons (Fsp3) is 0.917. The van der Waals surface area contributed by atoms with Crippen LogP contribution in [0.2, 0.25) is 0 Å². The number of nitrogens with one attached hydrogen (secondary N) is 1. The van der Waals surface area contributed by atoms with E-state index in [9.17, 15) is 4.79 Å². The van der Waals surface area contributed by atoms with Crippen LogP contribution in [0, 0.1) is 5.92 Å². The topological polar surface area (TPSA) is 41.6 Å². The molecule has 0 spiro atoms. The normalized spacial score (nSPS) is 25.4. The van der Waals surface area contributed by atoms with Gasteiger partial charge in [-0.3, -0.25) is 4.79 Å². The van der Waals surface area contributed by atoms with Gasteiger partial charge in [-0.15, -0.1) is 12.4 Å². The lowest BCUT2D eigenvalue weighted by Gasteiger charge is -2.27. The van der Waals surface area contributed by atoms with Crippen molar-refractivity contribution >= 4 is 18.3 Å². The van der Waals surface area contributed by atoms with Crippen molar-refractivity contribution in [2.75, 3.05) is 33.4 Å². The van der Waals surface area contributed by atoms with E-state index in [-0.39, 0.29) is 12.4 Å². The molecule has 2 aliphatic heterocycles. The van der Waals surface area contributed by atoms with Gasteiger partial charge in [-0.1, -0.05) is 0 Å². The van der Waals surface area contributed by atoms with E-state index in [0.717, 1.165) is 39.0 Å². The Morgan fingerprint density at radius 2 is 2.06 bits per heavy atom. The Bertz CT molecular complexity index is 239. The second-order valence-corrected chi connectivity index (χ2v) is 4.92. The first-order valence-corrected chi connectivity index (χ1v) is 6.31. The molecule has 100 valence electrons. The Balaban J connectivity index is 0.00000144. The van der Waals surface area contributed by atoms with Gasteiger partial charge in [0, 0.05) is 20.1 Å². The summed E-state index contributed by atoms with van der Waals surface area (Å²) >= 11 is 0. The fourth-order valence-electron chi connectivity index (χ4n) is 2.51. The molecule has 5 heteroatoms. The second kappa shape index (κ2) is 7.19. The average Bonchev–Trinajstić information content (AvgIpc) is 2.83. The zero-order chi connectivity index (χ0) is 11.4. The Kier molecular flexibility index (Phi) is 6.23. The Labute approximate surface area is 109 Å². The maximum atomic E-state index is 12.0. The van der Waals surface area contributed by atoms with Crippen molar-refractivity contribution < 1.29 is 9.53 Å². The molecule has 4 nitrogen and oxygen atoms in total. The zero-order valence-corrected chi connectivity index (χ0v) is 11.3. The van der Waals surface area contributed by atoms with Gasteiger partial charge in [0.25, 0.3) is 0 Å². The molecule has 1 N–H and O–H groups in total. The number of halogens is 1. The average molecular weight is 263 g/mol. The number of amides is 1. The number of ether oxygens (including phenoxy) is 1. The molecule has 0 bridgehead atoms. The third-order valence-electron chi connectivity index (χ3n) is 3.77. The number of hydrogen-bond donors (Lipinski definition) is 1. The number of nitrogens with zero attached hydrogens (tertiary/aromatic N) is 1. The van der Waals surface area contributed by atoms with Crippen LogP contribution in [0.5, 0.6) is 0 Å². The van der Waals surface area contributed by atoms with Gasteiger partial charge in [0.1, 0.15) is 0 Å². The van der Waals surface area contributed by atoms with Crippen molar-refractivity contribution in [2.45, 2.75) is 31.7 Å². The molecule has 0 aliphatic carbocycles. The van der Waals surface area contributed by atoms with E-state index in [1.165, 1.54) is 0 Å². The van der Waals surface area contributed by atoms with Gasteiger partial charge in [0.05, 0.1) is 12.6 Å². The molecule has 0 saturated carbocycles. The van der Waals surface area contributed by atoms with Crippen molar-refractivity contribution in [1.82, 2.24) is 10.2 Å². The van der Waals surface area contributed by atoms with Gasteiger partial charge >= 0.3 is 0 Å². The minimum atomic E-state index is 0. The minimum Gasteiger partial charge on any atom is -0.379 e. The minimum absolute atomic E-state index is 0. The SMILES string of the molecule is CN(C(=O)CC1CCNCC1)C1CCOC1.Cl. The van der Waals surface area contributed by atoms with Crippen LogP contribution in [-0.4, -0.2) is 50.2 Å². The van der Waals surface area contributed by atoms with Crippen LogP contribution < -0.4 is 5.32 Å². The van der Waals surface area contributed by atoms with E-state index >= 15 is 0 Å². The molecule has 2 heterocycles. The summed E-state index contributed by atoms with van der Waals surface area (Å²) in [7, 11) is 1.92. The summed E-state index contributed by atoms with van der Waals surface area (Å²) in [5.74, 6) is 0.876. The van der Waals surface area contributed by atoms with Crippen LogP contribution in [0.25, 0.3) is 0 Å². The van der Waals surface area contributed by atoms with Crippen molar-refractivity contribution in [1.29, 1.82) is 0 Å². The summed E-state index contributed by atoms with van der Waals surface area (Å²) in [5.41, 5.74) is 0. The third-order valence-corrected chi connectivity index (χ3v) is 3.77. The highest BCUT2D eigenvalue weighted by atomic mass is 35.5. The van der Waals surface area contributed by atoms with E-state index in [1.807, 2.05) is 11.9 Å². The Morgan fingerprint density at radius 3 is 2.65 bits per heavy atom. The summed E-state index contributed by atoms with van der Waals surface area (Å²) < 4.78 is 5.31. The highest BCUT2D eigenvalue weighted by molar-refractivity contribution is 5.85. The standard InChI is InChI=1S/C12H22N2O2.ClH/c1-14(11-4-7-16-9-11)12(15)8-10-2-5-13-6-3-10;/h10-11,13H,2-9H2,1H3;1H. The molecule has 2 aliphatic rings. The highest BCUT2D eigenvalue weighted by Crippen LogP contribution is 2.19. The van der Waals surface area contributed by atoms with E-state index < -0.39 is 0 Å². The lowest BCUT2D eigenvalue weighted by Crippen LogP contribution is -2.39. The largest absolute Gasteiger partial charge is 0.379 e. The highest BCUT2D eigenvalue weighted by Gasteiger charge is 2.26. The number of likely N-dealkylation sites (N-methyl/N-ethyl adjacent to an activating group) is 1. The second-order valence-electron chi connectivity index (χ2n) is 4.92. The van der Waals surface area contributed by atoms with Gasteiger partial charge in [-0.2, -0.15) is 0 Å². The lowest BCUT2D eigenvalue weighted by molar-refractivity contribution is -0.133. The van der Waals surface area contributed by atoms with E-state index in [2.05, 4.69) is 5.32 Å². The predicted octanol–water partition coefficient (Wildman–Crippen LogP) is 1.05. The quantitative estimate of drug-likeness (QED) is 0.827. The maximum Gasteiger partial charge on any atom is 0.222 e. The van der Waals surface area contributed by atoms with Crippen LogP contribution in [0.4, 0.5) is 0 Å². The molecule has 2 saturated heterocycles. The molecule has 0 aromatic heterocycles. The fourth-order valence-corrected chi connectivity index (χ4v) is 2.51. The first-order valence-electron chi connectivity index (χ1n) is 6.31. The smallest absolute Gasteiger partial charge is 0.222 e. The molecular formula is C12H23ClN2O2. The molecule has 0 radical (unpaired) electrons. The zero-order valence-electron chi connectivity index (χ0n) is 10.5. The first kappa shape index (κ1) is 14.7. The molecular weight excluding hydrogens is 240 g/mol. The summed E-state index contributed by atoms with van der Waals surface area (Å²) in [4.78, 5) is 13.9. The van der Waals surface area contributed by atoms with Crippen molar-refractivity contribution in [2.24, 2.45) is 5.92 Å². The van der Waals surface area contributed by atoms with Crippen LogP contribution in [0.3, 0.4) is 0 Å². The van der Waals surface area contributed by atoms with Crippen molar-refractivity contribution in [3.63, 3.8) is 0 Å². The molecule has 17 heavy (non-hydrogen) atoms. The molecule has 1 atom stereocenters. The summed E-state index contributed by atoms with van der Waals surface area (Å²) in [5, 5.41) is 3.33. The Hall–Kier alpha value is -0.320. The lowest BCUT2D eigenvalue weighted by atomic mass is 9.94. The van der Waals surface area contributed by atoms with Crippen LogP contribution in [0.15, 0.2) is 0 Å². The van der Waals surface area contributed by atoms with E-state index in [1.54, 1.807) is 0 Å². The first-order chi connectivity index (χ1) is 7.77. The van der Waals surface area contributed by atoms with Crippen molar-refractivity contribution in [3.05, 3.63) is 0 Å². The van der Waals surface area contributed by atoms with E-state index in [0.29, 0.717) is 30.9 Å². The van der Waals surface area contributed by atoms with Gasteiger partial charge < -0.3 is 15.0 Å². The summed E-state index contributed by atoms with van der Waals surface area (Å²) in [6, 6.07) is 0.314. The molecule has 0 aromatic carbocycles. The van der Waals surface area contributed by atoms with Crippen LogP contribution >= 0.6 is 12.4 Å².